The van der Waals surface area contributed by atoms with E-state index in [1.165, 1.54) is 5.56 Å². The van der Waals surface area contributed by atoms with Crippen molar-refractivity contribution in [2.75, 3.05) is 13.2 Å². The molecule has 0 aromatic heterocycles. The molecule has 0 radical (unpaired) electrons. The normalized spacial score (nSPS) is 14.4. The Morgan fingerprint density at radius 3 is 2.47 bits per heavy atom. The van der Waals surface area contributed by atoms with Crippen LogP contribution in [0.4, 0.5) is 0 Å². The van der Waals surface area contributed by atoms with Crippen LogP contribution in [0.3, 0.4) is 0 Å². The molecule has 1 aromatic carbocycles. The standard InChI is InChI=1S/C14H23NO2/c1-3-11(2)12-4-6-14(7-5-12)17-9-8-13(16)10-15/h4-7,11,13,16H,3,8-10,15H2,1-2H3. The Morgan fingerprint density at radius 1 is 1.29 bits per heavy atom. The summed E-state index contributed by atoms with van der Waals surface area (Å²) in [5.41, 5.74) is 6.65. The van der Waals surface area contributed by atoms with E-state index in [4.69, 9.17) is 10.5 Å². The van der Waals surface area contributed by atoms with Gasteiger partial charge in [0.15, 0.2) is 0 Å². The molecule has 0 aliphatic carbocycles. The maximum Gasteiger partial charge on any atom is 0.119 e. The van der Waals surface area contributed by atoms with Gasteiger partial charge in [-0.1, -0.05) is 26.0 Å². The molecule has 0 aliphatic heterocycles. The van der Waals surface area contributed by atoms with E-state index in [2.05, 4.69) is 26.0 Å². The van der Waals surface area contributed by atoms with Crippen LogP contribution in [-0.2, 0) is 0 Å². The summed E-state index contributed by atoms with van der Waals surface area (Å²) in [6.07, 6.45) is 1.25. The van der Waals surface area contributed by atoms with Gasteiger partial charge in [0, 0.05) is 13.0 Å². The summed E-state index contributed by atoms with van der Waals surface area (Å²) in [7, 11) is 0. The number of rotatable bonds is 7. The average Bonchev–Trinajstić information content (AvgIpc) is 2.38. The lowest BCUT2D eigenvalue weighted by molar-refractivity contribution is 0.146. The molecule has 0 spiro atoms. The quantitative estimate of drug-likeness (QED) is 0.765. The second-order valence-corrected chi connectivity index (χ2v) is 4.40. The number of benzene rings is 1. The summed E-state index contributed by atoms with van der Waals surface area (Å²) in [4.78, 5) is 0. The second-order valence-electron chi connectivity index (χ2n) is 4.40. The van der Waals surface area contributed by atoms with Gasteiger partial charge >= 0.3 is 0 Å². The molecule has 0 bridgehead atoms. The first-order valence-corrected chi connectivity index (χ1v) is 6.28. The van der Waals surface area contributed by atoms with E-state index in [0.29, 0.717) is 18.9 Å². The topological polar surface area (TPSA) is 55.5 Å². The van der Waals surface area contributed by atoms with Gasteiger partial charge in [0.25, 0.3) is 0 Å². The van der Waals surface area contributed by atoms with Crippen molar-refractivity contribution < 1.29 is 9.84 Å². The first-order valence-electron chi connectivity index (χ1n) is 6.28. The first kappa shape index (κ1) is 14.0. The van der Waals surface area contributed by atoms with E-state index in [1.54, 1.807) is 0 Å². The highest BCUT2D eigenvalue weighted by Crippen LogP contribution is 2.21. The summed E-state index contributed by atoms with van der Waals surface area (Å²) < 4.78 is 5.53. The van der Waals surface area contributed by atoms with Crippen molar-refractivity contribution in [2.45, 2.75) is 38.7 Å². The fraction of sp³-hybridized carbons (Fsp3) is 0.571. The maximum atomic E-state index is 9.28. The molecule has 2 unspecified atom stereocenters. The molecular formula is C14H23NO2. The van der Waals surface area contributed by atoms with Crippen LogP contribution in [0.2, 0.25) is 0 Å². The van der Waals surface area contributed by atoms with Crippen LogP contribution < -0.4 is 10.5 Å². The predicted octanol–water partition coefficient (Wildman–Crippen LogP) is 2.29. The molecule has 96 valence electrons. The van der Waals surface area contributed by atoms with E-state index in [1.807, 2.05) is 12.1 Å². The van der Waals surface area contributed by atoms with E-state index in [0.717, 1.165) is 12.2 Å². The first-order chi connectivity index (χ1) is 8.17. The van der Waals surface area contributed by atoms with Crippen molar-refractivity contribution in [1.82, 2.24) is 0 Å². The van der Waals surface area contributed by atoms with Crippen molar-refractivity contribution in [3.8, 4) is 5.75 Å². The van der Waals surface area contributed by atoms with E-state index < -0.39 is 6.10 Å². The summed E-state index contributed by atoms with van der Waals surface area (Å²) in [5.74, 6) is 1.43. The summed E-state index contributed by atoms with van der Waals surface area (Å²) in [6.45, 7) is 5.19. The van der Waals surface area contributed by atoms with Crippen molar-refractivity contribution in [2.24, 2.45) is 5.73 Å². The SMILES string of the molecule is CCC(C)c1ccc(OCCC(O)CN)cc1. The highest BCUT2D eigenvalue weighted by molar-refractivity contribution is 5.29. The molecule has 17 heavy (non-hydrogen) atoms. The number of aliphatic hydroxyl groups is 1. The number of hydrogen-bond acceptors (Lipinski definition) is 3. The van der Waals surface area contributed by atoms with Gasteiger partial charge in [-0.3, -0.25) is 0 Å². The molecule has 0 saturated heterocycles. The van der Waals surface area contributed by atoms with Gasteiger partial charge < -0.3 is 15.6 Å². The van der Waals surface area contributed by atoms with Gasteiger partial charge in [0.2, 0.25) is 0 Å². The lowest BCUT2D eigenvalue weighted by atomic mass is 9.99. The second kappa shape index (κ2) is 7.30. The number of aliphatic hydroxyl groups excluding tert-OH is 1. The van der Waals surface area contributed by atoms with Crippen molar-refractivity contribution in [3.63, 3.8) is 0 Å². The van der Waals surface area contributed by atoms with Crippen LogP contribution in [0.15, 0.2) is 24.3 Å². The molecule has 1 aromatic rings. The average molecular weight is 237 g/mol. The molecule has 0 heterocycles. The van der Waals surface area contributed by atoms with Crippen LogP contribution in [0, 0.1) is 0 Å². The molecule has 3 N–H and O–H groups in total. The molecular weight excluding hydrogens is 214 g/mol. The van der Waals surface area contributed by atoms with Crippen LogP contribution >= 0.6 is 0 Å². The maximum absolute atomic E-state index is 9.28. The van der Waals surface area contributed by atoms with Crippen LogP contribution in [-0.4, -0.2) is 24.4 Å². The van der Waals surface area contributed by atoms with Gasteiger partial charge in [-0.15, -0.1) is 0 Å². The number of nitrogens with two attached hydrogens (primary N) is 1. The highest BCUT2D eigenvalue weighted by Gasteiger charge is 2.04. The van der Waals surface area contributed by atoms with Crippen molar-refractivity contribution >= 4 is 0 Å². The summed E-state index contributed by atoms with van der Waals surface area (Å²) in [6, 6.07) is 8.17. The molecule has 0 amide bonds. The molecule has 0 fully saturated rings. The lowest BCUT2D eigenvalue weighted by Crippen LogP contribution is -2.21. The molecule has 0 aliphatic rings. The molecule has 0 saturated carbocycles. The predicted molar refractivity (Wildman–Crippen MR) is 70.3 cm³/mol. The zero-order valence-corrected chi connectivity index (χ0v) is 10.7. The zero-order valence-electron chi connectivity index (χ0n) is 10.7. The minimum atomic E-state index is -0.464. The third kappa shape index (κ3) is 4.75. The molecule has 3 nitrogen and oxygen atoms in total. The third-order valence-electron chi connectivity index (χ3n) is 3.05. The Bertz CT molecular complexity index is 311. The fourth-order valence-electron chi connectivity index (χ4n) is 1.56. The van der Waals surface area contributed by atoms with E-state index in [9.17, 15) is 5.11 Å². The van der Waals surface area contributed by atoms with E-state index >= 15 is 0 Å². The Hall–Kier alpha value is -1.06. The highest BCUT2D eigenvalue weighted by atomic mass is 16.5. The Labute approximate surface area is 104 Å². The van der Waals surface area contributed by atoms with Crippen LogP contribution in [0.1, 0.15) is 38.2 Å². The summed E-state index contributed by atoms with van der Waals surface area (Å²) >= 11 is 0. The molecule has 1 rings (SSSR count). The Balaban J connectivity index is 2.40. The minimum absolute atomic E-state index is 0.288. The lowest BCUT2D eigenvalue weighted by Gasteiger charge is -2.12. The molecule has 3 heteroatoms. The smallest absolute Gasteiger partial charge is 0.119 e. The Kier molecular flexibility index (Phi) is 6.01. The van der Waals surface area contributed by atoms with E-state index in [-0.39, 0.29) is 6.54 Å². The number of ether oxygens (including phenoxy) is 1. The minimum Gasteiger partial charge on any atom is -0.493 e. The van der Waals surface area contributed by atoms with Crippen LogP contribution in [0.5, 0.6) is 5.75 Å². The van der Waals surface area contributed by atoms with Gasteiger partial charge in [0.05, 0.1) is 12.7 Å². The van der Waals surface area contributed by atoms with Crippen LogP contribution in [0.25, 0.3) is 0 Å². The van der Waals surface area contributed by atoms with Gasteiger partial charge in [-0.05, 0) is 30.0 Å². The number of hydrogen-bond donors (Lipinski definition) is 2. The molecule has 2 atom stereocenters. The van der Waals surface area contributed by atoms with Gasteiger partial charge in [0.1, 0.15) is 5.75 Å². The van der Waals surface area contributed by atoms with Crippen molar-refractivity contribution in [1.29, 1.82) is 0 Å². The largest absolute Gasteiger partial charge is 0.493 e. The van der Waals surface area contributed by atoms with Gasteiger partial charge in [-0.2, -0.15) is 0 Å². The fourth-order valence-corrected chi connectivity index (χ4v) is 1.56. The Morgan fingerprint density at radius 2 is 1.94 bits per heavy atom. The van der Waals surface area contributed by atoms with Crippen molar-refractivity contribution in [3.05, 3.63) is 29.8 Å². The summed E-state index contributed by atoms with van der Waals surface area (Å²) in [5, 5.41) is 9.28. The monoisotopic (exact) mass is 237 g/mol. The third-order valence-corrected chi connectivity index (χ3v) is 3.05. The van der Waals surface area contributed by atoms with Gasteiger partial charge in [-0.25, -0.2) is 0 Å². The zero-order chi connectivity index (χ0) is 12.7.